The fourth-order valence-corrected chi connectivity index (χ4v) is 2.99. The highest BCUT2D eigenvalue weighted by Gasteiger charge is 2.30. The van der Waals surface area contributed by atoms with Crippen molar-refractivity contribution >= 4 is 28.5 Å². The third-order valence-electron chi connectivity index (χ3n) is 3.37. The first kappa shape index (κ1) is 13.8. The number of anilines is 1. The Labute approximate surface area is 115 Å². The molecule has 1 aromatic rings. The number of aryl methyl sites for hydroxylation is 2. The van der Waals surface area contributed by atoms with Crippen LogP contribution in [0.1, 0.15) is 29.8 Å². The molecule has 0 bridgehead atoms. The first-order chi connectivity index (χ1) is 8.95. The number of nitrogens with one attached hydrogen (secondary N) is 2. The summed E-state index contributed by atoms with van der Waals surface area (Å²) in [5, 5.41) is 14.9. The van der Waals surface area contributed by atoms with Crippen molar-refractivity contribution in [1.29, 1.82) is 0 Å². The highest BCUT2D eigenvalue weighted by molar-refractivity contribution is 7.15. The van der Waals surface area contributed by atoms with E-state index in [4.69, 9.17) is 5.11 Å². The van der Waals surface area contributed by atoms with Crippen LogP contribution in [-0.4, -0.2) is 28.1 Å². The Hall–Kier alpha value is -1.63. The van der Waals surface area contributed by atoms with Crippen molar-refractivity contribution in [3.05, 3.63) is 10.6 Å². The van der Waals surface area contributed by atoms with Crippen LogP contribution in [0, 0.1) is 19.8 Å². The summed E-state index contributed by atoms with van der Waals surface area (Å²) in [7, 11) is 0. The highest BCUT2D eigenvalue weighted by Crippen LogP contribution is 2.26. The first-order valence-electron chi connectivity index (χ1n) is 6.20. The lowest BCUT2D eigenvalue weighted by Gasteiger charge is -2.12. The van der Waals surface area contributed by atoms with Crippen LogP contribution in [0.3, 0.4) is 0 Å². The molecule has 1 heterocycles. The number of hydrogen-bond donors (Lipinski definition) is 3. The van der Waals surface area contributed by atoms with Crippen molar-refractivity contribution < 1.29 is 14.7 Å². The van der Waals surface area contributed by atoms with Crippen molar-refractivity contribution in [2.24, 2.45) is 5.92 Å². The van der Waals surface area contributed by atoms with Gasteiger partial charge in [0.25, 0.3) is 0 Å². The van der Waals surface area contributed by atoms with Crippen LogP contribution in [0.4, 0.5) is 9.93 Å². The quantitative estimate of drug-likeness (QED) is 0.792. The summed E-state index contributed by atoms with van der Waals surface area (Å²) in [6.07, 6.45) is 1.83. The van der Waals surface area contributed by atoms with E-state index in [1.165, 1.54) is 11.3 Å². The number of thiazole rings is 1. The second-order valence-corrected chi connectivity index (χ2v) is 6.01. The average Bonchev–Trinajstić information content (AvgIpc) is 2.87. The summed E-state index contributed by atoms with van der Waals surface area (Å²) in [6.45, 7) is 3.84. The van der Waals surface area contributed by atoms with Crippen LogP contribution in [-0.2, 0) is 4.79 Å². The second-order valence-electron chi connectivity index (χ2n) is 4.80. The zero-order valence-electron chi connectivity index (χ0n) is 10.9. The molecule has 104 valence electrons. The molecule has 0 aromatic carbocycles. The van der Waals surface area contributed by atoms with Crippen molar-refractivity contribution in [2.75, 3.05) is 5.32 Å². The van der Waals surface area contributed by atoms with Crippen LogP contribution in [0.5, 0.6) is 0 Å². The van der Waals surface area contributed by atoms with E-state index in [0.29, 0.717) is 24.4 Å². The molecule has 2 atom stereocenters. The fraction of sp³-hybridized carbons (Fsp3) is 0.583. The van der Waals surface area contributed by atoms with Gasteiger partial charge in [-0.15, -0.1) is 11.3 Å². The van der Waals surface area contributed by atoms with Crippen LogP contribution in [0.25, 0.3) is 0 Å². The van der Waals surface area contributed by atoms with E-state index in [1.54, 1.807) is 0 Å². The molecule has 2 unspecified atom stereocenters. The molecule has 2 rings (SSSR count). The number of aliphatic carboxylic acids is 1. The predicted molar refractivity (Wildman–Crippen MR) is 72.5 cm³/mol. The van der Waals surface area contributed by atoms with E-state index < -0.39 is 5.97 Å². The molecule has 1 aliphatic rings. The highest BCUT2D eigenvalue weighted by atomic mass is 32.1. The van der Waals surface area contributed by atoms with E-state index >= 15 is 0 Å². The molecular weight excluding hydrogens is 266 g/mol. The number of aromatic nitrogens is 1. The standard InChI is InChI=1S/C12H17N3O3S/c1-6-7(2)19-12(13-6)15-11(18)14-9-4-3-8(5-9)10(16)17/h8-9H,3-5H2,1-2H3,(H,16,17)(H2,13,14,15,18). The Kier molecular flexibility index (Phi) is 4.04. The molecule has 7 heteroatoms. The van der Waals surface area contributed by atoms with Crippen molar-refractivity contribution in [1.82, 2.24) is 10.3 Å². The smallest absolute Gasteiger partial charge is 0.321 e. The van der Waals surface area contributed by atoms with Crippen molar-refractivity contribution in [2.45, 2.75) is 39.2 Å². The van der Waals surface area contributed by atoms with E-state index in [2.05, 4.69) is 15.6 Å². The summed E-state index contributed by atoms with van der Waals surface area (Å²) in [4.78, 5) is 27.9. The van der Waals surface area contributed by atoms with Gasteiger partial charge in [0, 0.05) is 10.9 Å². The minimum atomic E-state index is -0.782. The summed E-state index contributed by atoms with van der Waals surface area (Å²) in [5.41, 5.74) is 0.909. The number of nitrogens with zero attached hydrogens (tertiary/aromatic N) is 1. The third-order valence-corrected chi connectivity index (χ3v) is 4.35. The van der Waals surface area contributed by atoms with Gasteiger partial charge in [-0.05, 0) is 33.1 Å². The maximum Gasteiger partial charge on any atom is 0.321 e. The summed E-state index contributed by atoms with van der Waals surface area (Å²) in [5.74, 6) is -1.12. The molecule has 1 fully saturated rings. The third kappa shape index (κ3) is 3.44. The molecule has 19 heavy (non-hydrogen) atoms. The average molecular weight is 283 g/mol. The van der Waals surface area contributed by atoms with E-state index in [-0.39, 0.29) is 18.0 Å². The Balaban J connectivity index is 1.84. The zero-order chi connectivity index (χ0) is 14.0. The number of rotatable bonds is 3. The predicted octanol–water partition coefficient (Wildman–Crippen LogP) is 2.13. The Morgan fingerprint density at radius 2 is 2.11 bits per heavy atom. The lowest BCUT2D eigenvalue weighted by Crippen LogP contribution is -2.36. The molecule has 0 radical (unpaired) electrons. The number of carboxylic acid groups (broad SMARTS) is 1. The number of carbonyl (C=O) groups excluding carboxylic acids is 1. The lowest BCUT2D eigenvalue weighted by atomic mass is 10.1. The van der Waals surface area contributed by atoms with Crippen molar-refractivity contribution in [3.63, 3.8) is 0 Å². The van der Waals surface area contributed by atoms with E-state index in [9.17, 15) is 9.59 Å². The molecule has 1 aromatic heterocycles. The molecule has 0 saturated heterocycles. The van der Waals surface area contributed by atoms with Gasteiger partial charge in [0.15, 0.2) is 5.13 Å². The number of carboxylic acids is 1. The summed E-state index contributed by atoms with van der Waals surface area (Å²) in [6, 6.07) is -0.381. The van der Waals surface area contributed by atoms with Gasteiger partial charge in [-0.1, -0.05) is 0 Å². The molecule has 2 amide bonds. The minimum absolute atomic E-state index is 0.0664. The molecule has 1 aliphatic carbocycles. The lowest BCUT2D eigenvalue weighted by molar-refractivity contribution is -0.141. The molecule has 0 aliphatic heterocycles. The number of urea groups is 1. The summed E-state index contributed by atoms with van der Waals surface area (Å²) < 4.78 is 0. The molecule has 3 N–H and O–H groups in total. The van der Waals surface area contributed by atoms with Crippen LogP contribution in [0.15, 0.2) is 0 Å². The maximum absolute atomic E-state index is 11.8. The number of amides is 2. The normalized spacial score (nSPS) is 22.2. The van der Waals surface area contributed by atoms with Gasteiger partial charge >= 0.3 is 12.0 Å². The Morgan fingerprint density at radius 1 is 1.37 bits per heavy atom. The topological polar surface area (TPSA) is 91.3 Å². The van der Waals surface area contributed by atoms with E-state index in [0.717, 1.165) is 10.6 Å². The van der Waals surface area contributed by atoms with Gasteiger partial charge < -0.3 is 10.4 Å². The number of hydrogen-bond acceptors (Lipinski definition) is 4. The zero-order valence-corrected chi connectivity index (χ0v) is 11.7. The van der Waals surface area contributed by atoms with Crippen LogP contribution in [0.2, 0.25) is 0 Å². The molecule has 1 saturated carbocycles. The van der Waals surface area contributed by atoms with Gasteiger partial charge in [-0.3, -0.25) is 10.1 Å². The van der Waals surface area contributed by atoms with E-state index in [1.807, 2.05) is 13.8 Å². The second kappa shape index (κ2) is 5.56. The van der Waals surface area contributed by atoms with Gasteiger partial charge in [0.2, 0.25) is 0 Å². The SMILES string of the molecule is Cc1nc(NC(=O)NC2CCC(C(=O)O)C2)sc1C. The molecular formula is C12H17N3O3S. The Morgan fingerprint density at radius 3 is 2.63 bits per heavy atom. The monoisotopic (exact) mass is 283 g/mol. The van der Waals surface area contributed by atoms with Gasteiger partial charge in [0.1, 0.15) is 0 Å². The minimum Gasteiger partial charge on any atom is -0.481 e. The van der Waals surface area contributed by atoms with Crippen LogP contribution >= 0.6 is 11.3 Å². The first-order valence-corrected chi connectivity index (χ1v) is 7.01. The molecule has 0 spiro atoms. The van der Waals surface area contributed by atoms with Crippen LogP contribution < -0.4 is 10.6 Å². The van der Waals surface area contributed by atoms with Gasteiger partial charge in [-0.2, -0.15) is 0 Å². The largest absolute Gasteiger partial charge is 0.481 e. The van der Waals surface area contributed by atoms with Gasteiger partial charge in [0.05, 0.1) is 11.6 Å². The summed E-state index contributed by atoms with van der Waals surface area (Å²) >= 11 is 1.43. The number of carbonyl (C=O) groups is 2. The fourth-order valence-electron chi connectivity index (χ4n) is 2.18. The van der Waals surface area contributed by atoms with Crippen molar-refractivity contribution in [3.8, 4) is 0 Å². The maximum atomic E-state index is 11.8. The van der Waals surface area contributed by atoms with Gasteiger partial charge in [-0.25, -0.2) is 9.78 Å². The molecule has 6 nitrogen and oxygen atoms in total. The Bertz CT molecular complexity index is 481.